The van der Waals surface area contributed by atoms with Crippen LogP contribution in [0.1, 0.15) is 31.0 Å². The van der Waals surface area contributed by atoms with Crippen molar-refractivity contribution in [3.8, 4) is 0 Å². The van der Waals surface area contributed by atoms with E-state index < -0.39 is 0 Å². The van der Waals surface area contributed by atoms with Crippen molar-refractivity contribution in [1.29, 1.82) is 0 Å². The van der Waals surface area contributed by atoms with E-state index in [0.29, 0.717) is 12.0 Å². The van der Waals surface area contributed by atoms with Gasteiger partial charge in [-0.1, -0.05) is 74.5 Å². The lowest BCUT2D eigenvalue weighted by atomic mass is 9.98. The van der Waals surface area contributed by atoms with Crippen LogP contribution in [0.4, 0.5) is 0 Å². The highest BCUT2D eigenvalue weighted by Crippen LogP contribution is 2.18. The molecule has 2 aromatic rings. The first-order valence-corrected chi connectivity index (χ1v) is 7.08. The number of rotatable bonds is 6. The number of halogens is 1. The second-order valence-electron chi connectivity index (χ2n) is 5.46. The average Bonchev–Trinajstić information content (AvgIpc) is 2.45. The van der Waals surface area contributed by atoms with Gasteiger partial charge in [0.15, 0.2) is 0 Å². The molecule has 0 amide bonds. The van der Waals surface area contributed by atoms with Gasteiger partial charge in [-0.2, -0.15) is 0 Å². The van der Waals surface area contributed by atoms with Gasteiger partial charge in [0.25, 0.3) is 0 Å². The van der Waals surface area contributed by atoms with E-state index >= 15 is 0 Å². The molecule has 0 aliphatic carbocycles. The molecule has 1 atom stereocenters. The highest BCUT2D eigenvalue weighted by Gasteiger charge is 2.11. The van der Waals surface area contributed by atoms with E-state index in [1.54, 1.807) is 0 Å². The Hall–Kier alpha value is -1.31. The molecule has 2 aromatic carbocycles. The second kappa shape index (κ2) is 8.78. The number of hydrogen-bond acceptors (Lipinski definition) is 1. The third-order valence-corrected chi connectivity index (χ3v) is 3.26. The molecule has 0 radical (unpaired) electrons. The van der Waals surface area contributed by atoms with Gasteiger partial charge in [-0.15, -0.1) is 12.4 Å². The van der Waals surface area contributed by atoms with Crippen molar-refractivity contribution in [2.75, 3.05) is 6.54 Å². The lowest BCUT2D eigenvalue weighted by Gasteiger charge is -2.20. The van der Waals surface area contributed by atoms with Gasteiger partial charge in [0.1, 0.15) is 0 Å². The largest absolute Gasteiger partial charge is 0.309 e. The predicted molar refractivity (Wildman–Crippen MR) is 89.4 cm³/mol. The van der Waals surface area contributed by atoms with Gasteiger partial charge in [-0.25, -0.2) is 0 Å². The summed E-state index contributed by atoms with van der Waals surface area (Å²) in [7, 11) is 0. The number of hydrogen-bond donors (Lipinski definition) is 1. The Morgan fingerprint density at radius 1 is 0.850 bits per heavy atom. The van der Waals surface area contributed by atoms with Crippen LogP contribution in [0.5, 0.6) is 0 Å². The van der Waals surface area contributed by atoms with Crippen LogP contribution in [0, 0.1) is 5.92 Å². The summed E-state index contributed by atoms with van der Waals surface area (Å²) in [6.45, 7) is 5.54. The minimum atomic E-state index is 0. The number of benzene rings is 2. The third-order valence-electron chi connectivity index (χ3n) is 3.26. The van der Waals surface area contributed by atoms with E-state index in [4.69, 9.17) is 0 Å². The van der Waals surface area contributed by atoms with Crippen molar-refractivity contribution in [2.24, 2.45) is 5.92 Å². The maximum atomic E-state index is 3.68. The van der Waals surface area contributed by atoms with Crippen LogP contribution in [-0.4, -0.2) is 6.54 Å². The molecule has 0 saturated carbocycles. The van der Waals surface area contributed by atoms with E-state index in [9.17, 15) is 0 Å². The van der Waals surface area contributed by atoms with Gasteiger partial charge >= 0.3 is 0 Å². The molecule has 0 fully saturated rings. The van der Waals surface area contributed by atoms with Crippen LogP contribution in [0.25, 0.3) is 0 Å². The quantitative estimate of drug-likeness (QED) is 0.817. The molecule has 0 aliphatic rings. The smallest absolute Gasteiger partial charge is 0.0360 e. The molecule has 0 bridgehead atoms. The van der Waals surface area contributed by atoms with E-state index in [1.165, 1.54) is 11.1 Å². The molecule has 2 rings (SSSR count). The molecule has 20 heavy (non-hydrogen) atoms. The fourth-order valence-corrected chi connectivity index (χ4v) is 2.22. The first kappa shape index (κ1) is 16.7. The second-order valence-corrected chi connectivity index (χ2v) is 5.46. The van der Waals surface area contributed by atoms with E-state index in [1.807, 2.05) is 0 Å². The van der Waals surface area contributed by atoms with E-state index in [-0.39, 0.29) is 12.4 Å². The molecule has 2 heteroatoms. The van der Waals surface area contributed by atoms with Crippen molar-refractivity contribution in [3.63, 3.8) is 0 Å². The minimum absolute atomic E-state index is 0. The molecule has 0 heterocycles. The van der Waals surface area contributed by atoms with Crippen molar-refractivity contribution >= 4 is 12.4 Å². The standard InChI is InChI=1S/C18H23N.ClH/c1-15(2)14-19-18(17-11-7-4-8-12-17)13-16-9-5-3-6-10-16;/h3-12,15,18-19H,13-14H2,1-2H3;1H. The molecule has 1 nitrogen and oxygen atoms in total. The first-order valence-electron chi connectivity index (χ1n) is 7.08. The summed E-state index contributed by atoms with van der Waals surface area (Å²) in [5, 5.41) is 3.68. The Kier molecular flexibility index (Phi) is 7.35. The monoisotopic (exact) mass is 289 g/mol. The van der Waals surface area contributed by atoms with Crippen LogP contribution in [0.3, 0.4) is 0 Å². The third kappa shape index (κ3) is 5.36. The Balaban J connectivity index is 0.00000200. The molecular weight excluding hydrogens is 266 g/mol. The summed E-state index contributed by atoms with van der Waals surface area (Å²) < 4.78 is 0. The van der Waals surface area contributed by atoms with Crippen LogP contribution in [0.15, 0.2) is 60.7 Å². The van der Waals surface area contributed by atoms with Gasteiger partial charge < -0.3 is 5.32 Å². The van der Waals surface area contributed by atoms with Crippen LogP contribution in [-0.2, 0) is 6.42 Å². The van der Waals surface area contributed by atoms with Crippen molar-refractivity contribution in [3.05, 3.63) is 71.8 Å². The maximum absolute atomic E-state index is 3.68. The Bertz CT molecular complexity index is 467. The summed E-state index contributed by atoms with van der Waals surface area (Å²) in [5.74, 6) is 0.669. The van der Waals surface area contributed by atoms with Crippen LogP contribution in [0.2, 0.25) is 0 Å². The molecule has 0 aromatic heterocycles. The van der Waals surface area contributed by atoms with Crippen molar-refractivity contribution in [2.45, 2.75) is 26.3 Å². The SMILES string of the molecule is CC(C)CNC(Cc1ccccc1)c1ccccc1.Cl. The Morgan fingerprint density at radius 2 is 1.40 bits per heavy atom. The normalized spacial score (nSPS) is 11.9. The molecule has 0 spiro atoms. The molecule has 1 N–H and O–H groups in total. The highest BCUT2D eigenvalue weighted by atomic mass is 35.5. The summed E-state index contributed by atoms with van der Waals surface area (Å²) in [6.07, 6.45) is 1.04. The summed E-state index contributed by atoms with van der Waals surface area (Å²) in [6, 6.07) is 21.8. The maximum Gasteiger partial charge on any atom is 0.0360 e. The molecule has 0 saturated heterocycles. The fourth-order valence-electron chi connectivity index (χ4n) is 2.22. The summed E-state index contributed by atoms with van der Waals surface area (Å²) >= 11 is 0. The first-order chi connectivity index (χ1) is 9.25. The fraction of sp³-hybridized carbons (Fsp3) is 0.333. The van der Waals surface area contributed by atoms with Gasteiger partial charge in [-0.05, 0) is 30.0 Å². The zero-order valence-electron chi connectivity index (χ0n) is 12.3. The van der Waals surface area contributed by atoms with E-state index in [0.717, 1.165) is 13.0 Å². The van der Waals surface area contributed by atoms with E-state index in [2.05, 4.69) is 79.8 Å². The van der Waals surface area contributed by atoms with Crippen molar-refractivity contribution < 1.29 is 0 Å². The van der Waals surface area contributed by atoms with Crippen molar-refractivity contribution in [1.82, 2.24) is 5.32 Å². The van der Waals surface area contributed by atoms with Gasteiger partial charge in [0.2, 0.25) is 0 Å². The highest BCUT2D eigenvalue weighted by molar-refractivity contribution is 5.85. The topological polar surface area (TPSA) is 12.0 Å². The summed E-state index contributed by atoms with van der Waals surface area (Å²) in [4.78, 5) is 0. The van der Waals surface area contributed by atoms with Gasteiger partial charge in [-0.3, -0.25) is 0 Å². The van der Waals surface area contributed by atoms with Gasteiger partial charge in [0, 0.05) is 6.04 Å². The van der Waals surface area contributed by atoms with Crippen LogP contribution >= 0.6 is 12.4 Å². The number of nitrogens with one attached hydrogen (secondary N) is 1. The zero-order chi connectivity index (χ0) is 13.5. The molecular formula is C18H24ClN. The minimum Gasteiger partial charge on any atom is -0.309 e. The lowest BCUT2D eigenvalue weighted by Crippen LogP contribution is -2.27. The van der Waals surface area contributed by atoms with Gasteiger partial charge in [0.05, 0.1) is 0 Å². The Labute approximate surface area is 128 Å². The molecule has 0 aliphatic heterocycles. The zero-order valence-corrected chi connectivity index (χ0v) is 13.1. The average molecular weight is 290 g/mol. The summed E-state index contributed by atoms with van der Waals surface area (Å²) in [5.41, 5.74) is 2.75. The van der Waals surface area contributed by atoms with Crippen LogP contribution < -0.4 is 5.32 Å². The Morgan fingerprint density at radius 3 is 1.95 bits per heavy atom. The lowest BCUT2D eigenvalue weighted by molar-refractivity contribution is 0.471. The molecule has 108 valence electrons. The predicted octanol–water partition coefficient (Wildman–Crippen LogP) is 4.64. The molecule has 1 unspecified atom stereocenters.